The highest BCUT2D eigenvalue weighted by molar-refractivity contribution is 5.98. The highest BCUT2D eigenvalue weighted by Crippen LogP contribution is 2.30. The molecule has 2 saturated heterocycles. The average Bonchev–Trinajstić information content (AvgIpc) is 3.02. The average molecular weight is 370 g/mol. The Balaban J connectivity index is 1.18. The van der Waals surface area contributed by atoms with Crippen molar-refractivity contribution in [2.24, 2.45) is 5.92 Å². The van der Waals surface area contributed by atoms with Gasteiger partial charge in [0.1, 0.15) is 0 Å². The second kappa shape index (κ2) is 8.42. The number of hydrogen-bond donors (Lipinski definition) is 1. The molecule has 27 heavy (non-hydrogen) atoms. The van der Waals surface area contributed by atoms with E-state index < -0.39 is 0 Å². The summed E-state index contributed by atoms with van der Waals surface area (Å²) in [6.07, 6.45) is 7.67. The molecule has 2 amide bonds. The molecule has 0 bridgehead atoms. The molecule has 3 heterocycles. The van der Waals surface area contributed by atoms with E-state index in [1.165, 1.54) is 45.2 Å². The zero-order valence-electron chi connectivity index (χ0n) is 16.2. The van der Waals surface area contributed by atoms with E-state index in [1.807, 2.05) is 29.2 Å². The monoisotopic (exact) mass is 369 g/mol. The third-order valence-corrected chi connectivity index (χ3v) is 6.52. The molecule has 0 saturated carbocycles. The van der Waals surface area contributed by atoms with Gasteiger partial charge in [-0.05, 0) is 62.7 Å². The zero-order chi connectivity index (χ0) is 18.6. The van der Waals surface area contributed by atoms with Crippen molar-refractivity contribution in [1.29, 1.82) is 0 Å². The summed E-state index contributed by atoms with van der Waals surface area (Å²) in [6.45, 7) is 4.62. The molecule has 3 aliphatic heterocycles. The first-order valence-electron chi connectivity index (χ1n) is 10.6. The molecule has 1 aromatic carbocycles. The van der Waals surface area contributed by atoms with Crippen LogP contribution in [0.1, 0.15) is 60.9 Å². The molecule has 2 fully saturated rings. The fraction of sp³-hybridized carbons (Fsp3) is 0.636. The lowest BCUT2D eigenvalue weighted by atomic mass is 9.83. The highest BCUT2D eigenvalue weighted by atomic mass is 16.2. The Kier molecular flexibility index (Phi) is 5.77. The van der Waals surface area contributed by atoms with Crippen LogP contribution in [0.5, 0.6) is 0 Å². The van der Waals surface area contributed by atoms with Gasteiger partial charge in [-0.1, -0.05) is 24.6 Å². The van der Waals surface area contributed by atoms with Crippen LogP contribution in [0, 0.1) is 5.92 Å². The van der Waals surface area contributed by atoms with E-state index in [4.69, 9.17) is 0 Å². The maximum absolute atomic E-state index is 12.4. The first-order valence-corrected chi connectivity index (χ1v) is 10.6. The minimum absolute atomic E-state index is 0.102. The summed E-state index contributed by atoms with van der Waals surface area (Å²) in [5.41, 5.74) is 1.91. The molecular weight excluding hydrogens is 338 g/mol. The molecule has 3 aliphatic rings. The lowest BCUT2D eigenvalue weighted by molar-refractivity contribution is -0.121. The lowest BCUT2D eigenvalue weighted by Crippen LogP contribution is -2.51. The summed E-state index contributed by atoms with van der Waals surface area (Å²) in [5.74, 6) is 0.843. The van der Waals surface area contributed by atoms with E-state index in [-0.39, 0.29) is 11.8 Å². The maximum Gasteiger partial charge on any atom is 0.254 e. The molecule has 0 aliphatic carbocycles. The van der Waals surface area contributed by atoms with Crippen LogP contribution in [-0.4, -0.2) is 53.8 Å². The van der Waals surface area contributed by atoms with Gasteiger partial charge < -0.3 is 15.1 Å². The second-order valence-corrected chi connectivity index (χ2v) is 8.29. The summed E-state index contributed by atoms with van der Waals surface area (Å²) in [4.78, 5) is 29.1. The van der Waals surface area contributed by atoms with E-state index in [0.717, 1.165) is 24.1 Å². The van der Waals surface area contributed by atoms with Crippen molar-refractivity contribution < 1.29 is 9.59 Å². The van der Waals surface area contributed by atoms with Gasteiger partial charge in [-0.15, -0.1) is 0 Å². The van der Waals surface area contributed by atoms with Gasteiger partial charge in [0.25, 0.3) is 5.91 Å². The fourth-order valence-electron chi connectivity index (χ4n) is 5.07. The molecule has 0 spiro atoms. The minimum atomic E-state index is 0.102. The smallest absolute Gasteiger partial charge is 0.254 e. The van der Waals surface area contributed by atoms with E-state index in [2.05, 4.69) is 10.2 Å². The van der Waals surface area contributed by atoms with Gasteiger partial charge in [0.2, 0.25) is 5.91 Å². The quantitative estimate of drug-likeness (QED) is 0.839. The van der Waals surface area contributed by atoms with Crippen molar-refractivity contribution >= 4 is 11.8 Å². The Morgan fingerprint density at radius 2 is 1.96 bits per heavy atom. The van der Waals surface area contributed by atoms with Crippen molar-refractivity contribution in [3.63, 3.8) is 0 Å². The van der Waals surface area contributed by atoms with Crippen LogP contribution in [0.3, 0.4) is 0 Å². The summed E-state index contributed by atoms with van der Waals surface area (Å²) in [7, 11) is 0. The molecule has 1 aromatic rings. The number of carbonyl (C=O) groups excluding carboxylic acids is 2. The van der Waals surface area contributed by atoms with Gasteiger partial charge in [-0.3, -0.25) is 9.59 Å². The Morgan fingerprint density at radius 1 is 1.11 bits per heavy atom. The normalized spacial score (nSPS) is 25.2. The van der Waals surface area contributed by atoms with Crippen molar-refractivity contribution in [1.82, 2.24) is 15.1 Å². The van der Waals surface area contributed by atoms with Crippen LogP contribution in [0.4, 0.5) is 0 Å². The highest BCUT2D eigenvalue weighted by Gasteiger charge is 2.33. The summed E-state index contributed by atoms with van der Waals surface area (Å²) >= 11 is 0. The van der Waals surface area contributed by atoms with Crippen LogP contribution < -0.4 is 5.32 Å². The Hall–Kier alpha value is -1.88. The van der Waals surface area contributed by atoms with Gasteiger partial charge in [0.15, 0.2) is 0 Å². The standard InChI is InChI=1S/C22H31N3O2/c26-21(23-15-17-8-5-13-24-12-4-3-10-20(17)24)11-6-14-25-16-18-7-1-2-9-19(18)22(25)27/h1-2,7,9,17,20H,3-6,8,10-16H2,(H,23,26)/t17-,20-/m1/s1. The number of rotatable bonds is 6. The molecular formula is C22H31N3O2. The summed E-state index contributed by atoms with van der Waals surface area (Å²) in [6, 6.07) is 8.46. The number of carbonyl (C=O) groups is 2. The molecule has 0 aromatic heterocycles. The van der Waals surface area contributed by atoms with Crippen molar-refractivity contribution in [2.75, 3.05) is 26.2 Å². The van der Waals surface area contributed by atoms with Crippen LogP contribution in [0.15, 0.2) is 24.3 Å². The van der Waals surface area contributed by atoms with E-state index in [1.54, 1.807) is 0 Å². The van der Waals surface area contributed by atoms with E-state index in [0.29, 0.717) is 31.5 Å². The largest absolute Gasteiger partial charge is 0.356 e. The van der Waals surface area contributed by atoms with E-state index in [9.17, 15) is 9.59 Å². The molecule has 4 rings (SSSR count). The summed E-state index contributed by atoms with van der Waals surface area (Å²) < 4.78 is 0. The lowest BCUT2D eigenvalue weighted by Gasteiger charge is -2.44. The number of amides is 2. The van der Waals surface area contributed by atoms with Crippen molar-refractivity contribution in [3.8, 4) is 0 Å². The predicted molar refractivity (Wildman–Crippen MR) is 105 cm³/mol. The van der Waals surface area contributed by atoms with Crippen LogP contribution in [0.2, 0.25) is 0 Å². The predicted octanol–water partition coefficient (Wildman–Crippen LogP) is 2.80. The van der Waals surface area contributed by atoms with Gasteiger partial charge in [0.05, 0.1) is 0 Å². The maximum atomic E-state index is 12.4. The van der Waals surface area contributed by atoms with Crippen LogP contribution in [0.25, 0.3) is 0 Å². The second-order valence-electron chi connectivity index (χ2n) is 8.29. The Morgan fingerprint density at radius 3 is 2.85 bits per heavy atom. The van der Waals surface area contributed by atoms with Crippen molar-refractivity contribution in [3.05, 3.63) is 35.4 Å². The number of piperidine rings is 2. The SMILES string of the molecule is O=C(CCCN1Cc2ccccc2C1=O)NC[C@H]1CCCN2CCCC[C@H]12. The first-order chi connectivity index (χ1) is 13.2. The summed E-state index contributed by atoms with van der Waals surface area (Å²) in [5, 5.41) is 3.17. The molecule has 146 valence electrons. The molecule has 5 nitrogen and oxygen atoms in total. The third kappa shape index (κ3) is 4.18. The number of benzene rings is 1. The van der Waals surface area contributed by atoms with E-state index >= 15 is 0 Å². The Bertz CT molecular complexity index is 688. The zero-order valence-corrected chi connectivity index (χ0v) is 16.2. The molecule has 0 unspecified atom stereocenters. The number of fused-ring (bicyclic) bond motifs is 2. The minimum Gasteiger partial charge on any atom is -0.356 e. The third-order valence-electron chi connectivity index (χ3n) is 6.52. The van der Waals surface area contributed by atoms with Gasteiger partial charge in [0, 0.05) is 37.7 Å². The van der Waals surface area contributed by atoms with Gasteiger partial charge >= 0.3 is 0 Å². The van der Waals surface area contributed by atoms with Crippen LogP contribution >= 0.6 is 0 Å². The Labute approximate surface area is 162 Å². The fourth-order valence-corrected chi connectivity index (χ4v) is 5.07. The topological polar surface area (TPSA) is 52.7 Å². The number of hydrogen-bond acceptors (Lipinski definition) is 3. The first kappa shape index (κ1) is 18.5. The molecule has 5 heteroatoms. The van der Waals surface area contributed by atoms with Gasteiger partial charge in [-0.25, -0.2) is 0 Å². The number of nitrogens with zero attached hydrogens (tertiary/aromatic N) is 2. The van der Waals surface area contributed by atoms with Crippen LogP contribution in [-0.2, 0) is 11.3 Å². The van der Waals surface area contributed by atoms with Crippen molar-refractivity contribution in [2.45, 2.75) is 57.5 Å². The number of nitrogens with one attached hydrogen (secondary N) is 1. The van der Waals surface area contributed by atoms with Gasteiger partial charge in [-0.2, -0.15) is 0 Å². The molecule has 1 N–H and O–H groups in total. The molecule has 2 atom stereocenters. The molecule has 0 radical (unpaired) electrons.